The van der Waals surface area contributed by atoms with Gasteiger partial charge in [-0.05, 0) is 12.1 Å². The normalized spacial score (nSPS) is 13.2. The molecule has 0 radical (unpaired) electrons. The number of aliphatic hydroxyl groups is 5. The summed E-state index contributed by atoms with van der Waals surface area (Å²) in [6.07, 6.45) is -1.24. The van der Waals surface area contributed by atoms with Gasteiger partial charge in [-0.15, -0.1) is 0 Å². The van der Waals surface area contributed by atoms with Crippen LogP contribution in [-0.2, 0) is 11.3 Å². The minimum absolute atomic E-state index is 0.0342. The maximum absolute atomic E-state index is 9.96. The van der Waals surface area contributed by atoms with Gasteiger partial charge >= 0.3 is 0 Å². The van der Waals surface area contributed by atoms with Gasteiger partial charge in [-0.3, -0.25) is 4.79 Å². The summed E-state index contributed by atoms with van der Waals surface area (Å²) >= 11 is 0. The van der Waals surface area contributed by atoms with Crippen molar-refractivity contribution in [2.75, 3.05) is 26.4 Å². The molecule has 1 aromatic rings. The Morgan fingerprint density at radius 3 is 1.95 bits per heavy atom. The molecular formula is C12H20O8. The molecule has 0 saturated carbocycles. The van der Waals surface area contributed by atoms with Crippen LogP contribution < -0.4 is 0 Å². The van der Waals surface area contributed by atoms with Crippen molar-refractivity contribution in [3.05, 3.63) is 23.7 Å². The lowest BCUT2D eigenvalue weighted by Crippen LogP contribution is -2.25. The number of aldehydes is 1. The molecule has 8 nitrogen and oxygen atoms in total. The average molecular weight is 292 g/mol. The van der Waals surface area contributed by atoms with Crippen LogP contribution in [0.5, 0.6) is 0 Å². The van der Waals surface area contributed by atoms with Gasteiger partial charge in [0.1, 0.15) is 24.6 Å². The SMILES string of the molecule is O=Cc1ccc(CO)o1.OCC(O)COCC(O)CO. The average Bonchev–Trinajstić information content (AvgIpc) is 2.95. The molecule has 1 rings (SSSR count). The minimum Gasteiger partial charge on any atom is -0.456 e. The van der Waals surface area contributed by atoms with Crippen LogP contribution in [0.25, 0.3) is 0 Å². The second kappa shape index (κ2) is 11.5. The second-order valence-corrected chi connectivity index (χ2v) is 3.79. The fourth-order valence-electron chi connectivity index (χ4n) is 0.988. The van der Waals surface area contributed by atoms with E-state index in [4.69, 9.17) is 34.7 Å². The van der Waals surface area contributed by atoms with Crippen LogP contribution in [0.15, 0.2) is 16.5 Å². The fraction of sp³-hybridized carbons (Fsp3) is 0.583. The lowest BCUT2D eigenvalue weighted by Gasteiger charge is -2.10. The van der Waals surface area contributed by atoms with Crippen LogP contribution in [0.2, 0.25) is 0 Å². The molecule has 0 aliphatic carbocycles. The third kappa shape index (κ3) is 8.75. The second-order valence-electron chi connectivity index (χ2n) is 3.79. The summed E-state index contributed by atoms with van der Waals surface area (Å²) in [5.41, 5.74) is 0. The Morgan fingerprint density at radius 1 is 1.10 bits per heavy atom. The zero-order chi connectivity index (χ0) is 15.4. The molecule has 2 unspecified atom stereocenters. The maximum Gasteiger partial charge on any atom is 0.185 e. The zero-order valence-electron chi connectivity index (χ0n) is 10.9. The van der Waals surface area contributed by atoms with Crippen molar-refractivity contribution in [1.29, 1.82) is 0 Å². The number of carbonyl (C=O) groups is 1. The van der Waals surface area contributed by atoms with E-state index in [0.717, 1.165) is 0 Å². The van der Waals surface area contributed by atoms with Gasteiger partial charge in [0.2, 0.25) is 0 Å². The van der Waals surface area contributed by atoms with E-state index in [1.54, 1.807) is 6.07 Å². The molecular weight excluding hydrogens is 272 g/mol. The molecule has 116 valence electrons. The predicted octanol–water partition coefficient (Wildman–Crippen LogP) is -1.71. The van der Waals surface area contributed by atoms with E-state index >= 15 is 0 Å². The summed E-state index contributed by atoms with van der Waals surface area (Å²) in [5, 5.41) is 42.5. The van der Waals surface area contributed by atoms with Gasteiger partial charge in [0, 0.05) is 0 Å². The number of furan rings is 1. The van der Waals surface area contributed by atoms with Gasteiger partial charge in [0.25, 0.3) is 0 Å². The molecule has 0 amide bonds. The molecule has 1 heterocycles. The Kier molecular flexibility index (Phi) is 10.8. The first kappa shape index (κ1) is 18.7. The van der Waals surface area contributed by atoms with Gasteiger partial charge in [-0.2, -0.15) is 0 Å². The smallest absolute Gasteiger partial charge is 0.185 e. The summed E-state index contributed by atoms with van der Waals surface area (Å²) in [6, 6.07) is 3.07. The minimum atomic E-state index is -0.916. The topological polar surface area (TPSA) is 141 Å². The van der Waals surface area contributed by atoms with Crippen molar-refractivity contribution in [3.8, 4) is 0 Å². The fourth-order valence-corrected chi connectivity index (χ4v) is 0.988. The molecule has 0 aliphatic heterocycles. The third-order valence-electron chi connectivity index (χ3n) is 2.00. The predicted molar refractivity (Wildman–Crippen MR) is 67.0 cm³/mol. The third-order valence-corrected chi connectivity index (χ3v) is 2.00. The monoisotopic (exact) mass is 292 g/mol. The number of hydrogen-bond acceptors (Lipinski definition) is 8. The highest BCUT2D eigenvalue weighted by molar-refractivity contribution is 5.70. The summed E-state index contributed by atoms with van der Waals surface area (Å²) in [5.74, 6) is 0.663. The molecule has 0 spiro atoms. The molecule has 8 heteroatoms. The molecule has 0 saturated heterocycles. The Morgan fingerprint density at radius 2 is 1.65 bits per heavy atom. The molecule has 0 fully saturated rings. The first-order chi connectivity index (χ1) is 9.57. The van der Waals surface area contributed by atoms with Gasteiger partial charge in [0.15, 0.2) is 12.0 Å². The van der Waals surface area contributed by atoms with Crippen LogP contribution in [0.3, 0.4) is 0 Å². The van der Waals surface area contributed by atoms with Crippen LogP contribution in [0.1, 0.15) is 16.3 Å². The van der Waals surface area contributed by atoms with Crippen molar-refractivity contribution >= 4 is 6.29 Å². The van der Waals surface area contributed by atoms with Crippen molar-refractivity contribution in [2.45, 2.75) is 18.8 Å². The van der Waals surface area contributed by atoms with Crippen molar-refractivity contribution in [3.63, 3.8) is 0 Å². The van der Waals surface area contributed by atoms with E-state index in [0.29, 0.717) is 12.0 Å². The van der Waals surface area contributed by atoms with Crippen molar-refractivity contribution in [1.82, 2.24) is 0 Å². The molecule has 5 N–H and O–H groups in total. The zero-order valence-corrected chi connectivity index (χ0v) is 10.9. The summed E-state index contributed by atoms with van der Waals surface area (Å²) in [6.45, 7) is -0.959. The van der Waals surface area contributed by atoms with Gasteiger partial charge in [0.05, 0.1) is 26.4 Å². The van der Waals surface area contributed by atoms with E-state index in [9.17, 15) is 4.79 Å². The summed E-state index contributed by atoms with van der Waals surface area (Å²) < 4.78 is 9.48. The standard InChI is InChI=1S/C6H14O5.C6H6O3/c7-1-5(9)3-11-4-6(10)2-8;7-3-5-1-2-6(4-8)9-5/h5-10H,1-4H2;1-3,8H,4H2. The highest BCUT2D eigenvalue weighted by Gasteiger charge is 2.04. The van der Waals surface area contributed by atoms with Crippen LogP contribution in [-0.4, -0.2) is 70.5 Å². The molecule has 20 heavy (non-hydrogen) atoms. The summed E-state index contributed by atoms with van der Waals surface area (Å²) in [4.78, 5) is 9.96. The lowest BCUT2D eigenvalue weighted by atomic mass is 10.4. The largest absolute Gasteiger partial charge is 0.456 e. The van der Waals surface area contributed by atoms with E-state index in [1.807, 2.05) is 0 Å². The number of carbonyl (C=O) groups excluding carboxylic acids is 1. The van der Waals surface area contributed by atoms with Crippen LogP contribution >= 0.6 is 0 Å². The quantitative estimate of drug-likeness (QED) is 0.357. The van der Waals surface area contributed by atoms with Gasteiger partial charge < -0.3 is 34.7 Å². The van der Waals surface area contributed by atoms with E-state index in [-0.39, 0.29) is 38.8 Å². The first-order valence-electron chi connectivity index (χ1n) is 5.87. The molecule has 0 aliphatic rings. The van der Waals surface area contributed by atoms with Gasteiger partial charge in [-0.25, -0.2) is 0 Å². The van der Waals surface area contributed by atoms with Crippen LogP contribution in [0.4, 0.5) is 0 Å². The van der Waals surface area contributed by atoms with E-state index in [1.165, 1.54) is 6.07 Å². The Balaban J connectivity index is 0.000000367. The molecule has 0 aromatic carbocycles. The first-order valence-corrected chi connectivity index (χ1v) is 5.87. The molecule has 0 bridgehead atoms. The number of aliphatic hydroxyl groups excluding tert-OH is 5. The number of hydrogen-bond donors (Lipinski definition) is 5. The van der Waals surface area contributed by atoms with Gasteiger partial charge in [-0.1, -0.05) is 0 Å². The molecule has 1 aromatic heterocycles. The molecule has 2 atom stereocenters. The highest BCUT2D eigenvalue weighted by Crippen LogP contribution is 2.03. The number of ether oxygens (including phenoxy) is 1. The lowest BCUT2D eigenvalue weighted by molar-refractivity contribution is -0.0364. The Bertz CT molecular complexity index is 341. The van der Waals surface area contributed by atoms with E-state index in [2.05, 4.69) is 0 Å². The van der Waals surface area contributed by atoms with E-state index < -0.39 is 12.2 Å². The Labute approximate surface area is 115 Å². The number of rotatable bonds is 8. The van der Waals surface area contributed by atoms with Crippen molar-refractivity contribution < 1.29 is 39.5 Å². The van der Waals surface area contributed by atoms with Crippen LogP contribution in [0, 0.1) is 0 Å². The highest BCUT2D eigenvalue weighted by atomic mass is 16.5. The Hall–Kier alpha value is -1.29. The summed E-state index contributed by atoms with van der Waals surface area (Å²) in [7, 11) is 0. The maximum atomic E-state index is 9.96. The van der Waals surface area contributed by atoms with Crippen molar-refractivity contribution in [2.24, 2.45) is 0 Å².